The van der Waals surface area contributed by atoms with Gasteiger partial charge in [0.25, 0.3) is 0 Å². The number of carbonyl (C=O) groups excluding carboxylic acids is 1. The molecular weight excluding hydrogens is 206 g/mol. The average molecular weight is 216 g/mol. The third kappa shape index (κ3) is 3.17. The van der Waals surface area contributed by atoms with Crippen molar-refractivity contribution >= 4 is 5.91 Å². The first-order valence-corrected chi connectivity index (χ1v) is 4.16. The van der Waals surface area contributed by atoms with Crippen LogP contribution in [0.4, 0.5) is 8.78 Å². The fourth-order valence-electron chi connectivity index (χ4n) is 1.05. The molecule has 0 saturated carbocycles. The molecule has 4 nitrogen and oxygen atoms in total. The molecule has 1 rings (SSSR count). The molecule has 15 heavy (non-hydrogen) atoms. The lowest BCUT2D eigenvalue weighted by molar-refractivity contribution is -0.117. The van der Waals surface area contributed by atoms with Crippen LogP contribution in [0.15, 0.2) is 12.1 Å². The Morgan fingerprint density at radius 3 is 2.40 bits per heavy atom. The van der Waals surface area contributed by atoms with Gasteiger partial charge in [0.05, 0.1) is 6.54 Å². The van der Waals surface area contributed by atoms with Gasteiger partial charge < -0.3 is 16.2 Å². The third-order valence-electron chi connectivity index (χ3n) is 1.71. The number of phenols is 1. The molecule has 0 bridgehead atoms. The SMILES string of the molecule is NC(=O)CNCc1cc(F)c(O)c(F)c1. The van der Waals surface area contributed by atoms with E-state index in [1.165, 1.54) is 0 Å². The second kappa shape index (κ2) is 4.70. The van der Waals surface area contributed by atoms with Gasteiger partial charge in [-0.05, 0) is 17.7 Å². The summed E-state index contributed by atoms with van der Waals surface area (Å²) in [5, 5.41) is 11.4. The first-order chi connectivity index (χ1) is 7.00. The van der Waals surface area contributed by atoms with E-state index in [-0.39, 0.29) is 18.7 Å². The number of phenolic OH excluding ortho intramolecular Hbond substituents is 1. The van der Waals surface area contributed by atoms with Crippen molar-refractivity contribution in [3.05, 3.63) is 29.3 Å². The largest absolute Gasteiger partial charge is 0.503 e. The van der Waals surface area contributed by atoms with Crippen LogP contribution in [0.1, 0.15) is 5.56 Å². The highest BCUT2D eigenvalue weighted by Crippen LogP contribution is 2.21. The Hall–Kier alpha value is -1.69. The van der Waals surface area contributed by atoms with Crippen LogP contribution in [0.3, 0.4) is 0 Å². The molecule has 0 aliphatic rings. The summed E-state index contributed by atoms with van der Waals surface area (Å²) in [5.74, 6) is -3.64. The standard InChI is InChI=1S/C9H10F2N2O2/c10-6-1-5(2-7(11)9(6)15)3-13-4-8(12)14/h1-2,13,15H,3-4H2,(H2,12,14). The molecule has 4 N–H and O–H groups in total. The lowest BCUT2D eigenvalue weighted by Gasteiger charge is -2.04. The van der Waals surface area contributed by atoms with Crippen molar-refractivity contribution in [1.29, 1.82) is 0 Å². The number of rotatable bonds is 4. The summed E-state index contributed by atoms with van der Waals surface area (Å²) in [5.41, 5.74) is 5.13. The number of carbonyl (C=O) groups is 1. The molecule has 0 saturated heterocycles. The Balaban J connectivity index is 2.66. The zero-order valence-electron chi connectivity index (χ0n) is 7.76. The van der Waals surface area contributed by atoms with E-state index in [4.69, 9.17) is 10.8 Å². The molecule has 0 atom stereocenters. The minimum Gasteiger partial charge on any atom is -0.503 e. The Labute approximate surface area is 84.7 Å². The lowest BCUT2D eigenvalue weighted by Crippen LogP contribution is -2.28. The van der Waals surface area contributed by atoms with E-state index in [0.717, 1.165) is 12.1 Å². The highest BCUT2D eigenvalue weighted by atomic mass is 19.1. The quantitative estimate of drug-likeness (QED) is 0.675. The Morgan fingerprint density at radius 1 is 1.40 bits per heavy atom. The number of amides is 1. The van der Waals surface area contributed by atoms with Gasteiger partial charge in [-0.15, -0.1) is 0 Å². The first kappa shape index (κ1) is 11.4. The Morgan fingerprint density at radius 2 is 1.93 bits per heavy atom. The molecule has 0 aromatic heterocycles. The van der Waals surface area contributed by atoms with E-state index < -0.39 is 23.3 Å². The molecular formula is C9H10F2N2O2. The van der Waals surface area contributed by atoms with Crippen LogP contribution in [0.2, 0.25) is 0 Å². The highest BCUT2D eigenvalue weighted by Gasteiger charge is 2.09. The molecule has 1 aromatic carbocycles. The predicted molar refractivity (Wildman–Crippen MR) is 48.9 cm³/mol. The summed E-state index contributed by atoms with van der Waals surface area (Å²) in [7, 11) is 0. The van der Waals surface area contributed by atoms with E-state index in [1.807, 2.05) is 0 Å². The molecule has 82 valence electrons. The summed E-state index contributed by atoms with van der Waals surface area (Å²) < 4.78 is 25.6. The smallest absolute Gasteiger partial charge is 0.231 e. The summed E-state index contributed by atoms with van der Waals surface area (Å²) in [6.45, 7) is 0.0151. The van der Waals surface area contributed by atoms with E-state index >= 15 is 0 Å². The molecule has 0 aliphatic carbocycles. The molecule has 0 spiro atoms. The highest BCUT2D eigenvalue weighted by molar-refractivity contribution is 5.75. The van der Waals surface area contributed by atoms with E-state index in [9.17, 15) is 13.6 Å². The van der Waals surface area contributed by atoms with Crippen molar-refractivity contribution in [3.63, 3.8) is 0 Å². The number of hydrogen-bond donors (Lipinski definition) is 3. The minimum absolute atomic E-state index is 0.0793. The molecule has 0 aliphatic heterocycles. The van der Waals surface area contributed by atoms with E-state index in [1.54, 1.807) is 0 Å². The van der Waals surface area contributed by atoms with E-state index in [0.29, 0.717) is 0 Å². The van der Waals surface area contributed by atoms with Crippen LogP contribution < -0.4 is 11.1 Å². The van der Waals surface area contributed by atoms with Gasteiger partial charge in [-0.25, -0.2) is 8.78 Å². The van der Waals surface area contributed by atoms with Crippen LogP contribution in [0.5, 0.6) is 5.75 Å². The fraction of sp³-hybridized carbons (Fsp3) is 0.222. The maximum atomic E-state index is 12.8. The predicted octanol–water partition coefficient (Wildman–Crippen LogP) is 0.245. The summed E-state index contributed by atoms with van der Waals surface area (Å²) in [4.78, 5) is 10.3. The lowest BCUT2D eigenvalue weighted by atomic mass is 10.2. The number of halogens is 2. The zero-order chi connectivity index (χ0) is 11.4. The number of nitrogens with one attached hydrogen (secondary N) is 1. The Kier molecular flexibility index (Phi) is 3.56. The molecule has 0 fully saturated rings. The number of nitrogens with two attached hydrogens (primary N) is 1. The van der Waals surface area contributed by atoms with Crippen molar-refractivity contribution in [3.8, 4) is 5.75 Å². The van der Waals surface area contributed by atoms with Crippen LogP contribution in [-0.2, 0) is 11.3 Å². The van der Waals surface area contributed by atoms with Crippen molar-refractivity contribution in [2.75, 3.05) is 6.54 Å². The van der Waals surface area contributed by atoms with Gasteiger partial charge in [0, 0.05) is 6.54 Å². The summed E-state index contributed by atoms with van der Waals surface area (Å²) >= 11 is 0. The fourth-order valence-corrected chi connectivity index (χ4v) is 1.05. The van der Waals surface area contributed by atoms with Crippen molar-refractivity contribution in [2.24, 2.45) is 5.73 Å². The summed E-state index contributed by atoms with van der Waals surface area (Å²) in [6.07, 6.45) is 0. The number of benzene rings is 1. The monoisotopic (exact) mass is 216 g/mol. The van der Waals surface area contributed by atoms with Crippen LogP contribution >= 0.6 is 0 Å². The molecule has 6 heteroatoms. The van der Waals surface area contributed by atoms with Gasteiger partial charge >= 0.3 is 0 Å². The molecule has 0 heterocycles. The zero-order valence-corrected chi connectivity index (χ0v) is 7.76. The maximum absolute atomic E-state index is 12.8. The Bertz CT molecular complexity index is 359. The van der Waals surface area contributed by atoms with Gasteiger partial charge in [0.2, 0.25) is 5.91 Å². The van der Waals surface area contributed by atoms with Crippen LogP contribution in [0.25, 0.3) is 0 Å². The van der Waals surface area contributed by atoms with E-state index in [2.05, 4.69) is 5.32 Å². The van der Waals surface area contributed by atoms with Gasteiger partial charge in [-0.2, -0.15) is 0 Å². The summed E-state index contributed by atoms with van der Waals surface area (Å²) in [6, 6.07) is 1.96. The third-order valence-corrected chi connectivity index (χ3v) is 1.71. The van der Waals surface area contributed by atoms with Crippen molar-refractivity contribution in [1.82, 2.24) is 5.32 Å². The number of primary amides is 1. The van der Waals surface area contributed by atoms with Crippen molar-refractivity contribution in [2.45, 2.75) is 6.54 Å². The molecule has 1 amide bonds. The van der Waals surface area contributed by atoms with Crippen molar-refractivity contribution < 1.29 is 18.7 Å². The normalized spacial score (nSPS) is 10.3. The van der Waals surface area contributed by atoms with Crippen LogP contribution in [-0.4, -0.2) is 17.6 Å². The van der Waals surface area contributed by atoms with Gasteiger partial charge in [-0.3, -0.25) is 4.79 Å². The maximum Gasteiger partial charge on any atom is 0.231 e. The first-order valence-electron chi connectivity index (χ1n) is 4.16. The van der Waals surface area contributed by atoms with Crippen LogP contribution in [0, 0.1) is 11.6 Å². The minimum atomic E-state index is -1.04. The number of aromatic hydroxyl groups is 1. The van der Waals surface area contributed by atoms with Gasteiger partial charge in [-0.1, -0.05) is 0 Å². The molecule has 1 aromatic rings. The van der Waals surface area contributed by atoms with Gasteiger partial charge in [0.15, 0.2) is 17.4 Å². The second-order valence-corrected chi connectivity index (χ2v) is 2.98. The topological polar surface area (TPSA) is 75.4 Å². The molecule has 0 radical (unpaired) electrons. The van der Waals surface area contributed by atoms with Gasteiger partial charge in [0.1, 0.15) is 0 Å². The molecule has 0 unspecified atom stereocenters. The second-order valence-electron chi connectivity index (χ2n) is 2.98. The average Bonchev–Trinajstić information content (AvgIpc) is 2.13. The number of hydrogen-bond acceptors (Lipinski definition) is 3.